The molecule has 1 unspecified atom stereocenters. The third-order valence-electron chi connectivity index (χ3n) is 5.21. The highest BCUT2D eigenvalue weighted by Crippen LogP contribution is 2.38. The van der Waals surface area contributed by atoms with Crippen molar-refractivity contribution in [3.8, 4) is 0 Å². The van der Waals surface area contributed by atoms with Gasteiger partial charge in [-0.2, -0.15) is 0 Å². The molecule has 5 nitrogen and oxygen atoms in total. The fourth-order valence-corrected chi connectivity index (χ4v) is 3.75. The van der Waals surface area contributed by atoms with Gasteiger partial charge in [-0.3, -0.25) is 4.79 Å². The van der Waals surface area contributed by atoms with Crippen LogP contribution >= 0.6 is 0 Å². The standard InChI is InChI=1S/C19H21NO4/c1-13-15-5-3-2-4-14(15)12-20(13)18(21)16-6-9-24-17(16)19(22)7-10-23-11-8-19/h2-6,9,13,22H,7-8,10-12H2,1H3. The van der Waals surface area contributed by atoms with E-state index in [0.29, 0.717) is 43.9 Å². The second-order valence-corrected chi connectivity index (χ2v) is 6.62. The minimum atomic E-state index is -1.12. The van der Waals surface area contributed by atoms with Crippen LogP contribution in [0.2, 0.25) is 0 Å². The molecule has 4 rings (SSSR count). The molecule has 24 heavy (non-hydrogen) atoms. The minimum Gasteiger partial charge on any atom is -0.465 e. The van der Waals surface area contributed by atoms with Crippen molar-refractivity contribution >= 4 is 5.91 Å². The number of nitrogens with zero attached hydrogens (tertiary/aromatic N) is 1. The van der Waals surface area contributed by atoms with E-state index in [0.717, 1.165) is 0 Å². The number of hydrogen-bond acceptors (Lipinski definition) is 4. The molecule has 3 heterocycles. The number of ether oxygens (including phenoxy) is 1. The van der Waals surface area contributed by atoms with Gasteiger partial charge < -0.3 is 19.2 Å². The van der Waals surface area contributed by atoms with Gasteiger partial charge in [0, 0.05) is 32.6 Å². The largest absolute Gasteiger partial charge is 0.465 e. The SMILES string of the molecule is CC1c2ccccc2CN1C(=O)c1ccoc1C1(O)CCOCC1. The Balaban J connectivity index is 1.64. The zero-order chi connectivity index (χ0) is 16.7. The molecule has 1 amide bonds. The summed E-state index contributed by atoms with van der Waals surface area (Å²) in [7, 11) is 0. The van der Waals surface area contributed by atoms with Crippen LogP contribution in [0.3, 0.4) is 0 Å². The van der Waals surface area contributed by atoms with Gasteiger partial charge in [0.15, 0.2) is 0 Å². The summed E-state index contributed by atoms with van der Waals surface area (Å²) in [5.41, 5.74) is 1.69. The first-order valence-corrected chi connectivity index (χ1v) is 8.37. The predicted molar refractivity (Wildman–Crippen MR) is 87.4 cm³/mol. The van der Waals surface area contributed by atoms with Crippen molar-refractivity contribution in [2.45, 2.75) is 38.0 Å². The van der Waals surface area contributed by atoms with E-state index in [1.165, 1.54) is 17.4 Å². The Labute approximate surface area is 140 Å². The molecule has 1 saturated heterocycles. The number of fused-ring (bicyclic) bond motifs is 1. The molecule has 0 bridgehead atoms. The second-order valence-electron chi connectivity index (χ2n) is 6.62. The van der Waals surface area contributed by atoms with E-state index >= 15 is 0 Å². The van der Waals surface area contributed by atoms with Crippen molar-refractivity contribution in [2.75, 3.05) is 13.2 Å². The minimum absolute atomic E-state index is 0.0146. The van der Waals surface area contributed by atoms with Crippen LogP contribution in [-0.2, 0) is 16.9 Å². The van der Waals surface area contributed by atoms with E-state index in [9.17, 15) is 9.90 Å². The Morgan fingerprint density at radius 3 is 2.75 bits per heavy atom. The number of benzene rings is 1. The lowest BCUT2D eigenvalue weighted by molar-refractivity contribution is -0.0805. The van der Waals surface area contributed by atoms with Gasteiger partial charge in [-0.1, -0.05) is 24.3 Å². The Morgan fingerprint density at radius 2 is 2.00 bits per heavy atom. The summed E-state index contributed by atoms with van der Waals surface area (Å²) in [5.74, 6) is 0.279. The van der Waals surface area contributed by atoms with Crippen molar-refractivity contribution < 1.29 is 19.1 Å². The third kappa shape index (κ3) is 2.36. The van der Waals surface area contributed by atoms with E-state index < -0.39 is 5.60 Å². The summed E-state index contributed by atoms with van der Waals surface area (Å²) in [6.45, 7) is 3.56. The van der Waals surface area contributed by atoms with Gasteiger partial charge in [0.05, 0.1) is 17.9 Å². The van der Waals surface area contributed by atoms with E-state index in [1.54, 1.807) is 6.07 Å². The number of furan rings is 1. The highest BCUT2D eigenvalue weighted by Gasteiger charge is 2.40. The Morgan fingerprint density at radius 1 is 1.25 bits per heavy atom. The molecule has 0 radical (unpaired) electrons. The van der Waals surface area contributed by atoms with E-state index in [4.69, 9.17) is 9.15 Å². The average molecular weight is 327 g/mol. The van der Waals surface area contributed by atoms with Crippen LogP contribution in [-0.4, -0.2) is 29.1 Å². The molecule has 1 N–H and O–H groups in total. The summed E-state index contributed by atoms with van der Waals surface area (Å²) >= 11 is 0. The maximum absolute atomic E-state index is 13.1. The molecule has 2 aliphatic rings. The lowest BCUT2D eigenvalue weighted by Gasteiger charge is -2.31. The smallest absolute Gasteiger partial charge is 0.258 e. The molecule has 1 fully saturated rings. The number of aliphatic hydroxyl groups is 1. The molecule has 5 heteroatoms. The van der Waals surface area contributed by atoms with Crippen molar-refractivity contribution in [1.29, 1.82) is 0 Å². The average Bonchev–Trinajstić information content (AvgIpc) is 3.21. The molecule has 0 spiro atoms. The number of carbonyl (C=O) groups is 1. The van der Waals surface area contributed by atoms with Crippen molar-refractivity contribution in [3.63, 3.8) is 0 Å². The highest BCUT2D eigenvalue weighted by atomic mass is 16.5. The maximum atomic E-state index is 13.1. The monoisotopic (exact) mass is 327 g/mol. The Bertz CT molecular complexity index is 760. The van der Waals surface area contributed by atoms with Crippen LogP contribution in [0.5, 0.6) is 0 Å². The first kappa shape index (κ1) is 15.4. The molecule has 126 valence electrons. The van der Waals surface area contributed by atoms with Crippen LogP contribution < -0.4 is 0 Å². The van der Waals surface area contributed by atoms with Gasteiger partial charge in [-0.15, -0.1) is 0 Å². The van der Waals surface area contributed by atoms with Crippen LogP contribution in [0.25, 0.3) is 0 Å². The molecular formula is C19H21NO4. The lowest BCUT2D eigenvalue weighted by Crippen LogP contribution is -2.36. The summed E-state index contributed by atoms with van der Waals surface area (Å²) < 4.78 is 10.9. The quantitative estimate of drug-likeness (QED) is 0.921. The summed E-state index contributed by atoms with van der Waals surface area (Å²) in [5, 5.41) is 10.9. The maximum Gasteiger partial charge on any atom is 0.258 e. The normalized spacial score (nSPS) is 22.4. The van der Waals surface area contributed by atoms with Crippen LogP contribution in [0.1, 0.15) is 53.1 Å². The van der Waals surface area contributed by atoms with Gasteiger partial charge in [0.25, 0.3) is 5.91 Å². The van der Waals surface area contributed by atoms with Crippen molar-refractivity contribution in [3.05, 3.63) is 59.0 Å². The zero-order valence-corrected chi connectivity index (χ0v) is 13.7. The fraction of sp³-hybridized carbons (Fsp3) is 0.421. The summed E-state index contributed by atoms with van der Waals surface area (Å²) in [6, 6.07) is 9.80. The number of rotatable bonds is 2. The van der Waals surface area contributed by atoms with Gasteiger partial charge in [0.1, 0.15) is 11.4 Å². The summed E-state index contributed by atoms with van der Waals surface area (Å²) in [4.78, 5) is 15.0. The second kappa shape index (κ2) is 5.76. The van der Waals surface area contributed by atoms with Gasteiger partial charge >= 0.3 is 0 Å². The Hall–Kier alpha value is -2.11. The molecule has 1 aromatic carbocycles. The number of amides is 1. The zero-order valence-electron chi connectivity index (χ0n) is 13.7. The third-order valence-corrected chi connectivity index (χ3v) is 5.21. The topological polar surface area (TPSA) is 62.9 Å². The first-order chi connectivity index (χ1) is 11.6. The van der Waals surface area contributed by atoms with Crippen LogP contribution in [0, 0.1) is 0 Å². The van der Waals surface area contributed by atoms with Gasteiger partial charge in [0.2, 0.25) is 0 Å². The van der Waals surface area contributed by atoms with Crippen LogP contribution in [0.4, 0.5) is 0 Å². The molecule has 2 aliphatic heterocycles. The summed E-state index contributed by atoms with van der Waals surface area (Å²) in [6.07, 6.45) is 2.37. The molecule has 0 saturated carbocycles. The van der Waals surface area contributed by atoms with E-state index in [2.05, 4.69) is 12.1 Å². The number of carbonyl (C=O) groups excluding carboxylic acids is 1. The lowest BCUT2D eigenvalue weighted by atomic mass is 9.89. The molecule has 1 aromatic heterocycles. The molecule has 0 aliphatic carbocycles. The van der Waals surface area contributed by atoms with E-state index in [-0.39, 0.29) is 11.9 Å². The fourth-order valence-electron chi connectivity index (χ4n) is 3.75. The predicted octanol–water partition coefficient (Wildman–Crippen LogP) is 2.99. The van der Waals surface area contributed by atoms with Crippen LogP contribution in [0.15, 0.2) is 41.0 Å². The highest BCUT2D eigenvalue weighted by molar-refractivity contribution is 5.96. The molecule has 1 atom stereocenters. The number of hydrogen-bond donors (Lipinski definition) is 1. The van der Waals surface area contributed by atoms with E-state index in [1.807, 2.05) is 24.0 Å². The van der Waals surface area contributed by atoms with Gasteiger partial charge in [-0.05, 0) is 24.1 Å². The van der Waals surface area contributed by atoms with Gasteiger partial charge in [-0.25, -0.2) is 0 Å². The molecular weight excluding hydrogens is 306 g/mol. The van der Waals surface area contributed by atoms with Crippen molar-refractivity contribution in [1.82, 2.24) is 4.90 Å². The van der Waals surface area contributed by atoms with Crippen molar-refractivity contribution in [2.24, 2.45) is 0 Å². The first-order valence-electron chi connectivity index (χ1n) is 8.37. The molecule has 2 aromatic rings. The Kier molecular flexibility index (Phi) is 3.70.